The predicted octanol–water partition coefficient (Wildman–Crippen LogP) is 15.1. The molecule has 5 rings (SSSR count). The molecule has 1 aliphatic heterocycles. The summed E-state index contributed by atoms with van der Waals surface area (Å²) in [6, 6.07) is 0.611. The van der Waals surface area contributed by atoms with Gasteiger partial charge in [-0.2, -0.15) is 0 Å². The largest absolute Gasteiger partial charge is 0.377 e. The quantitative estimate of drug-likeness (QED) is 0.0364. The van der Waals surface area contributed by atoms with E-state index in [2.05, 4.69) is 83.7 Å². The molecule has 0 bridgehead atoms. The molecule has 10 atom stereocenters. The molecule has 64 heavy (non-hydrogen) atoms. The van der Waals surface area contributed by atoms with Gasteiger partial charge >= 0.3 is 0 Å². The van der Waals surface area contributed by atoms with Crippen LogP contribution in [0.15, 0.2) is 36.0 Å². The van der Waals surface area contributed by atoms with Crippen molar-refractivity contribution in [3.63, 3.8) is 0 Å². The van der Waals surface area contributed by atoms with Gasteiger partial charge in [-0.1, -0.05) is 135 Å². The van der Waals surface area contributed by atoms with Gasteiger partial charge in [-0.25, -0.2) is 0 Å². The van der Waals surface area contributed by atoms with Crippen LogP contribution in [-0.2, 0) is 23.7 Å². The third kappa shape index (κ3) is 17.2. The van der Waals surface area contributed by atoms with Crippen molar-refractivity contribution in [2.45, 2.75) is 227 Å². The first-order valence-electron chi connectivity index (χ1n) is 27.9. The monoisotopic (exact) mass is 894 g/mol. The van der Waals surface area contributed by atoms with Crippen LogP contribution in [0, 0.1) is 46.3 Å². The van der Waals surface area contributed by atoms with Gasteiger partial charge in [0.05, 0.1) is 45.2 Å². The number of unbranched alkanes of at least 4 members (excludes halogenated alkanes) is 9. The number of hydrogen-bond donors (Lipinski definition) is 0. The van der Waals surface area contributed by atoms with Crippen molar-refractivity contribution < 1.29 is 23.7 Å². The normalized spacial score (nSPS) is 30.6. The smallest absolute Gasteiger partial charge is 0.146 e. The second-order valence-corrected chi connectivity index (χ2v) is 22.6. The molecule has 0 radical (unpaired) electrons. The highest BCUT2D eigenvalue weighted by Crippen LogP contribution is 2.67. The summed E-state index contributed by atoms with van der Waals surface area (Å²) < 4.78 is 30.8. The summed E-state index contributed by atoms with van der Waals surface area (Å²) >= 11 is 0. The predicted molar refractivity (Wildman–Crippen MR) is 270 cm³/mol. The molecular weight excluding hydrogens is 791 g/mol. The van der Waals surface area contributed by atoms with E-state index in [0.29, 0.717) is 62.8 Å². The molecule has 0 N–H and O–H groups in total. The van der Waals surface area contributed by atoms with E-state index in [1.54, 1.807) is 5.57 Å². The molecule has 4 fully saturated rings. The molecule has 370 valence electrons. The molecule has 1 saturated heterocycles. The summed E-state index contributed by atoms with van der Waals surface area (Å²) in [5, 5.41) is 0. The molecular formula is C58H103NO5. The van der Waals surface area contributed by atoms with Gasteiger partial charge in [0.1, 0.15) is 6.79 Å². The van der Waals surface area contributed by atoms with Crippen molar-refractivity contribution in [2.75, 3.05) is 59.5 Å². The van der Waals surface area contributed by atoms with Crippen molar-refractivity contribution in [2.24, 2.45) is 46.3 Å². The van der Waals surface area contributed by atoms with Gasteiger partial charge < -0.3 is 23.7 Å². The van der Waals surface area contributed by atoms with Crippen molar-refractivity contribution in [1.29, 1.82) is 0 Å². The molecule has 0 spiro atoms. The minimum atomic E-state index is 0.0295. The van der Waals surface area contributed by atoms with E-state index in [0.717, 1.165) is 74.5 Å². The number of hydrogen-bond acceptors (Lipinski definition) is 6. The van der Waals surface area contributed by atoms with E-state index in [-0.39, 0.29) is 6.10 Å². The van der Waals surface area contributed by atoms with E-state index in [1.807, 2.05) is 0 Å². The van der Waals surface area contributed by atoms with Gasteiger partial charge in [0.25, 0.3) is 0 Å². The van der Waals surface area contributed by atoms with Crippen molar-refractivity contribution in [1.82, 2.24) is 4.90 Å². The topological polar surface area (TPSA) is 49.4 Å². The van der Waals surface area contributed by atoms with Gasteiger partial charge in [-0.15, -0.1) is 0 Å². The third-order valence-electron chi connectivity index (χ3n) is 17.5. The zero-order valence-corrected chi connectivity index (χ0v) is 43.1. The SMILES string of the molecule is CCCCCC=CCC=CCCCCCCCCOCOCC(CN1CCCC1C)OCCOCCO[C@H]1CC[C@@]2(C)C(=CC[C@H]3[C@@H]4CC[C@H]([C@H](C)CCCC(C)C)[C@@]4(C)CC[C@@H]32)C1. The molecule has 0 aromatic rings. The molecule has 0 aromatic carbocycles. The molecule has 6 nitrogen and oxygen atoms in total. The Labute approximate surface area is 396 Å². The Morgan fingerprint density at radius 2 is 1.50 bits per heavy atom. The lowest BCUT2D eigenvalue weighted by Crippen LogP contribution is -2.51. The molecule has 6 heteroatoms. The van der Waals surface area contributed by atoms with E-state index in [1.165, 1.54) is 141 Å². The summed E-state index contributed by atoms with van der Waals surface area (Å²) in [7, 11) is 0. The number of ether oxygens (including phenoxy) is 5. The maximum Gasteiger partial charge on any atom is 0.146 e. The number of likely N-dealkylation sites (tertiary alicyclic amines) is 1. The Balaban J connectivity index is 0.896. The van der Waals surface area contributed by atoms with E-state index in [4.69, 9.17) is 23.7 Å². The van der Waals surface area contributed by atoms with Crippen LogP contribution < -0.4 is 0 Å². The van der Waals surface area contributed by atoms with E-state index >= 15 is 0 Å². The van der Waals surface area contributed by atoms with E-state index in [9.17, 15) is 0 Å². The highest BCUT2D eigenvalue weighted by Gasteiger charge is 2.59. The van der Waals surface area contributed by atoms with E-state index < -0.39 is 0 Å². The number of rotatable bonds is 34. The zero-order chi connectivity index (χ0) is 45.5. The lowest BCUT2D eigenvalue weighted by atomic mass is 9.47. The summed E-state index contributed by atoms with van der Waals surface area (Å²) in [4.78, 5) is 2.55. The first kappa shape index (κ1) is 53.9. The molecule has 0 aromatic heterocycles. The second-order valence-electron chi connectivity index (χ2n) is 22.6. The molecule has 1 heterocycles. The highest BCUT2D eigenvalue weighted by atomic mass is 16.7. The average Bonchev–Trinajstić information content (AvgIpc) is 3.86. The molecule has 4 aliphatic carbocycles. The Bertz CT molecular complexity index is 1330. The van der Waals surface area contributed by atoms with Crippen LogP contribution in [0.1, 0.15) is 209 Å². The maximum atomic E-state index is 6.51. The Morgan fingerprint density at radius 1 is 0.734 bits per heavy atom. The fraction of sp³-hybridized carbons (Fsp3) is 0.897. The minimum Gasteiger partial charge on any atom is -0.377 e. The molecule has 0 amide bonds. The standard InChI is InChI=1S/C58H103NO5/c1-8-9-10-11-12-13-14-15-16-17-18-19-20-21-22-23-38-61-46-62-45-52(44-59-37-25-28-49(59)5)64-42-40-60-39-41-63-51-33-35-57(6)50(43-51)29-30-53-55-32-31-54(48(4)27-24-26-47(2)3)58(55,7)36-34-56(53)57/h12-13,15-16,29,47-49,51-56H,8-11,14,17-28,30-46H2,1-7H3/t48-,49?,51+,52?,53+,54-,55+,56+,57+,58-/m1/s1. The average molecular weight is 894 g/mol. The highest BCUT2D eigenvalue weighted by molar-refractivity contribution is 5.25. The van der Waals surface area contributed by atoms with Gasteiger partial charge in [-0.3, -0.25) is 4.90 Å². The Morgan fingerprint density at radius 3 is 2.27 bits per heavy atom. The van der Waals surface area contributed by atoms with Gasteiger partial charge in [0, 0.05) is 19.2 Å². The lowest BCUT2D eigenvalue weighted by molar-refractivity contribution is -0.105. The van der Waals surface area contributed by atoms with Crippen molar-refractivity contribution in [3.05, 3.63) is 36.0 Å². The van der Waals surface area contributed by atoms with Crippen LogP contribution >= 0.6 is 0 Å². The summed E-state index contributed by atoms with van der Waals surface area (Å²) in [6.45, 7) is 23.6. The number of allylic oxidation sites excluding steroid dienone is 5. The lowest BCUT2D eigenvalue weighted by Gasteiger charge is -2.58. The Hall–Kier alpha value is -1.02. The second kappa shape index (κ2) is 29.8. The third-order valence-corrected chi connectivity index (χ3v) is 17.5. The van der Waals surface area contributed by atoms with Gasteiger partial charge in [0.15, 0.2) is 0 Å². The van der Waals surface area contributed by atoms with Crippen LogP contribution in [-0.4, -0.2) is 82.7 Å². The fourth-order valence-electron chi connectivity index (χ4n) is 13.6. The Kier molecular flexibility index (Phi) is 25.1. The maximum absolute atomic E-state index is 6.51. The fourth-order valence-corrected chi connectivity index (χ4v) is 13.6. The number of nitrogens with zero attached hydrogens (tertiary/aromatic N) is 1. The van der Waals surface area contributed by atoms with Crippen LogP contribution in [0.2, 0.25) is 0 Å². The summed E-state index contributed by atoms with van der Waals surface area (Å²) in [5.41, 5.74) is 2.66. The van der Waals surface area contributed by atoms with Crippen molar-refractivity contribution >= 4 is 0 Å². The zero-order valence-electron chi connectivity index (χ0n) is 43.1. The first-order chi connectivity index (χ1) is 31.2. The first-order valence-corrected chi connectivity index (χ1v) is 27.9. The minimum absolute atomic E-state index is 0.0295. The van der Waals surface area contributed by atoms with Crippen LogP contribution in [0.25, 0.3) is 0 Å². The van der Waals surface area contributed by atoms with Crippen molar-refractivity contribution in [3.8, 4) is 0 Å². The van der Waals surface area contributed by atoms with Gasteiger partial charge in [0.2, 0.25) is 0 Å². The summed E-state index contributed by atoms with van der Waals surface area (Å²) in [6.07, 6.45) is 45.1. The summed E-state index contributed by atoms with van der Waals surface area (Å²) in [5.74, 6) is 5.33. The van der Waals surface area contributed by atoms with Crippen LogP contribution in [0.5, 0.6) is 0 Å². The van der Waals surface area contributed by atoms with Crippen LogP contribution in [0.3, 0.4) is 0 Å². The molecule has 2 unspecified atom stereocenters. The van der Waals surface area contributed by atoms with Crippen LogP contribution in [0.4, 0.5) is 0 Å². The molecule has 3 saturated carbocycles. The molecule has 5 aliphatic rings. The van der Waals surface area contributed by atoms with Gasteiger partial charge in [-0.05, 0) is 163 Å². The number of fused-ring (bicyclic) bond motifs is 5.